The number of carbonyl (C=O) groups is 2. The molecule has 7 heteroatoms. The van der Waals surface area contributed by atoms with Gasteiger partial charge in [-0.05, 0) is 49.4 Å². The largest absolute Gasteiger partial charge is 0.493 e. The van der Waals surface area contributed by atoms with E-state index in [1.807, 2.05) is 18.2 Å². The molecule has 1 aliphatic rings. The molecular formula is C23H27NO6. The van der Waals surface area contributed by atoms with E-state index in [-0.39, 0.29) is 17.5 Å². The third kappa shape index (κ3) is 4.50. The topological polar surface area (TPSA) is 83.1 Å². The summed E-state index contributed by atoms with van der Waals surface area (Å²) in [5.74, 6) is 0.0520. The second-order valence-electron chi connectivity index (χ2n) is 7.11. The summed E-state index contributed by atoms with van der Waals surface area (Å²) < 4.78 is 21.2. The SMILES string of the molecule is COc1cc(C(=O)OC(C)C(=O)NC2CCCc3ccccc32)cc(OC)c1OC. The molecule has 0 bridgehead atoms. The van der Waals surface area contributed by atoms with E-state index in [9.17, 15) is 9.59 Å². The zero-order chi connectivity index (χ0) is 21.7. The van der Waals surface area contributed by atoms with Crippen LogP contribution in [0.2, 0.25) is 0 Å². The summed E-state index contributed by atoms with van der Waals surface area (Å²) in [6, 6.07) is 11.0. The zero-order valence-electron chi connectivity index (χ0n) is 17.7. The number of fused-ring (bicyclic) bond motifs is 1. The Hall–Kier alpha value is -3.22. The van der Waals surface area contributed by atoms with Crippen molar-refractivity contribution in [2.75, 3.05) is 21.3 Å². The Morgan fingerprint density at radius 2 is 1.70 bits per heavy atom. The maximum Gasteiger partial charge on any atom is 0.339 e. The molecule has 0 saturated heterocycles. The number of benzene rings is 2. The lowest BCUT2D eigenvalue weighted by molar-refractivity contribution is -0.130. The highest BCUT2D eigenvalue weighted by atomic mass is 16.5. The minimum Gasteiger partial charge on any atom is -0.493 e. The van der Waals surface area contributed by atoms with Gasteiger partial charge in [-0.25, -0.2) is 4.79 Å². The van der Waals surface area contributed by atoms with Gasteiger partial charge in [-0.2, -0.15) is 0 Å². The molecule has 2 unspecified atom stereocenters. The number of hydrogen-bond donors (Lipinski definition) is 1. The standard InChI is InChI=1S/C23H27NO6/c1-14(22(25)24-18-11-7-9-15-8-5-6-10-17(15)18)30-23(26)16-12-19(27-2)21(29-4)20(13-16)28-3/h5-6,8,10,12-14,18H,7,9,11H2,1-4H3,(H,24,25). The monoisotopic (exact) mass is 413 g/mol. The second kappa shape index (κ2) is 9.52. The molecule has 0 heterocycles. The van der Waals surface area contributed by atoms with Gasteiger partial charge in [-0.3, -0.25) is 4.79 Å². The molecule has 2 aromatic rings. The Bertz CT molecular complexity index is 901. The Balaban J connectivity index is 1.69. The summed E-state index contributed by atoms with van der Waals surface area (Å²) in [6.45, 7) is 1.56. The molecule has 7 nitrogen and oxygen atoms in total. The molecule has 0 fully saturated rings. The minimum atomic E-state index is -0.953. The van der Waals surface area contributed by atoms with Crippen LogP contribution in [-0.2, 0) is 16.0 Å². The van der Waals surface area contributed by atoms with E-state index < -0.39 is 12.1 Å². The van der Waals surface area contributed by atoms with Gasteiger partial charge in [0, 0.05) is 0 Å². The number of ether oxygens (including phenoxy) is 4. The fourth-order valence-electron chi connectivity index (χ4n) is 3.67. The predicted molar refractivity (Wildman–Crippen MR) is 111 cm³/mol. The van der Waals surface area contributed by atoms with Crippen molar-refractivity contribution < 1.29 is 28.5 Å². The van der Waals surface area contributed by atoms with Gasteiger partial charge >= 0.3 is 5.97 Å². The quantitative estimate of drug-likeness (QED) is 0.700. The summed E-state index contributed by atoms with van der Waals surface area (Å²) in [7, 11) is 4.41. The van der Waals surface area contributed by atoms with Crippen LogP contribution < -0.4 is 19.5 Å². The number of esters is 1. The highest BCUT2D eigenvalue weighted by Gasteiger charge is 2.26. The number of methoxy groups -OCH3 is 3. The van der Waals surface area contributed by atoms with Crippen molar-refractivity contribution in [2.24, 2.45) is 0 Å². The lowest BCUT2D eigenvalue weighted by Gasteiger charge is -2.27. The second-order valence-corrected chi connectivity index (χ2v) is 7.11. The van der Waals surface area contributed by atoms with E-state index in [2.05, 4.69) is 11.4 Å². The Labute approximate surface area is 176 Å². The maximum atomic E-state index is 12.7. The molecule has 30 heavy (non-hydrogen) atoms. The summed E-state index contributed by atoms with van der Waals surface area (Å²) in [5, 5.41) is 3.01. The molecule has 0 saturated carbocycles. The molecule has 2 aromatic carbocycles. The van der Waals surface area contributed by atoms with Crippen molar-refractivity contribution in [3.8, 4) is 17.2 Å². The van der Waals surface area contributed by atoms with E-state index in [0.717, 1.165) is 24.8 Å². The number of rotatable bonds is 7. The van der Waals surface area contributed by atoms with Crippen LogP contribution in [0, 0.1) is 0 Å². The molecular weight excluding hydrogens is 386 g/mol. The van der Waals surface area contributed by atoms with Crippen molar-refractivity contribution in [2.45, 2.75) is 38.3 Å². The molecule has 2 atom stereocenters. The number of aryl methyl sites for hydroxylation is 1. The zero-order valence-corrected chi connectivity index (χ0v) is 17.7. The number of hydrogen-bond acceptors (Lipinski definition) is 6. The van der Waals surface area contributed by atoms with E-state index >= 15 is 0 Å². The average molecular weight is 413 g/mol. The maximum absolute atomic E-state index is 12.7. The van der Waals surface area contributed by atoms with Crippen LogP contribution in [-0.4, -0.2) is 39.3 Å². The van der Waals surface area contributed by atoms with Crippen molar-refractivity contribution in [3.05, 3.63) is 53.1 Å². The highest BCUT2D eigenvalue weighted by Crippen LogP contribution is 2.38. The first kappa shape index (κ1) is 21.5. The van der Waals surface area contributed by atoms with Gasteiger partial charge in [0.25, 0.3) is 5.91 Å². The van der Waals surface area contributed by atoms with Gasteiger partial charge in [0.05, 0.1) is 32.9 Å². The lowest BCUT2D eigenvalue weighted by Crippen LogP contribution is -2.39. The fourth-order valence-corrected chi connectivity index (χ4v) is 3.67. The van der Waals surface area contributed by atoms with E-state index in [1.54, 1.807) is 6.92 Å². The van der Waals surface area contributed by atoms with Crippen LogP contribution in [0.1, 0.15) is 47.3 Å². The smallest absolute Gasteiger partial charge is 0.339 e. The molecule has 1 aliphatic carbocycles. The summed E-state index contributed by atoms with van der Waals surface area (Å²) in [6.07, 6.45) is 1.91. The average Bonchev–Trinajstić information content (AvgIpc) is 2.78. The normalized spacial score (nSPS) is 16.1. The van der Waals surface area contributed by atoms with Gasteiger partial charge in [0.15, 0.2) is 17.6 Å². The molecule has 160 valence electrons. The molecule has 0 spiro atoms. The lowest BCUT2D eigenvalue weighted by atomic mass is 9.87. The Morgan fingerprint density at radius 1 is 1.03 bits per heavy atom. The number of carbonyl (C=O) groups excluding carboxylic acids is 2. The summed E-state index contributed by atoms with van der Waals surface area (Å²) in [4.78, 5) is 25.3. The molecule has 0 aromatic heterocycles. The van der Waals surface area contributed by atoms with Gasteiger partial charge in [-0.1, -0.05) is 24.3 Å². The van der Waals surface area contributed by atoms with Crippen LogP contribution in [0.15, 0.2) is 36.4 Å². The van der Waals surface area contributed by atoms with Crippen molar-refractivity contribution in [3.63, 3.8) is 0 Å². The third-order valence-corrected chi connectivity index (χ3v) is 5.24. The van der Waals surface area contributed by atoms with Gasteiger partial charge in [-0.15, -0.1) is 0 Å². The van der Waals surface area contributed by atoms with Crippen molar-refractivity contribution >= 4 is 11.9 Å². The highest BCUT2D eigenvalue weighted by molar-refractivity contribution is 5.93. The van der Waals surface area contributed by atoms with E-state index in [4.69, 9.17) is 18.9 Å². The van der Waals surface area contributed by atoms with Gasteiger partial charge in [0.2, 0.25) is 5.75 Å². The first-order valence-corrected chi connectivity index (χ1v) is 9.87. The van der Waals surface area contributed by atoms with E-state index in [0.29, 0.717) is 17.2 Å². The van der Waals surface area contributed by atoms with Crippen molar-refractivity contribution in [1.82, 2.24) is 5.32 Å². The molecule has 1 amide bonds. The van der Waals surface area contributed by atoms with Gasteiger partial charge in [0.1, 0.15) is 0 Å². The van der Waals surface area contributed by atoms with Crippen LogP contribution in [0.5, 0.6) is 17.2 Å². The molecule has 3 rings (SSSR count). The molecule has 0 radical (unpaired) electrons. The van der Waals surface area contributed by atoms with Crippen molar-refractivity contribution in [1.29, 1.82) is 0 Å². The predicted octanol–water partition coefficient (Wildman–Crippen LogP) is 3.45. The minimum absolute atomic E-state index is 0.0789. The first-order valence-electron chi connectivity index (χ1n) is 9.87. The van der Waals surface area contributed by atoms with Gasteiger partial charge < -0.3 is 24.3 Å². The Kier molecular flexibility index (Phi) is 6.82. The first-order chi connectivity index (χ1) is 14.5. The van der Waals surface area contributed by atoms with Crippen LogP contribution in [0.3, 0.4) is 0 Å². The van der Waals surface area contributed by atoms with E-state index in [1.165, 1.54) is 39.0 Å². The number of amides is 1. The van der Waals surface area contributed by atoms with Crippen LogP contribution in [0.25, 0.3) is 0 Å². The fraction of sp³-hybridized carbons (Fsp3) is 0.391. The van der Waals surface area contributed by atoms with Crippen LogP contribution >= 0.6 is 0 Å². The molecule has 1 N–H and O–H groups in total. The Morgan fingerprint density at radius 3 is 2.33 bits per heavy atom. The molecule has 0 aliphatic heterocycles. The van der Waals surface area contributed by atoms with Crippen LogP contribution in [0.4, 0.5) is 0 Å². The third-order valence-electron chi connectivity index (χ3n) is 5.24. The summed E-state index contributed by atoms with van der Waals surface area (Å²) >= 11 is 0. The summed E-state index contributed by atoms with van der Waals surface area (Å²) in [5.41, 5.74) is 2.57. The number of nitrogens with one attached hydrogen (secondary N) is 1.